The molecule has 1 saturated heterocycles. The van der Waals surface area contributed by atoms with Crippen LogP contribution in [0.15, 0.2) is 24.3 Å². The standard InChI is InChI=1S/C14H17NO3/c16-14(18-10-6-8-17-9-10)12-5-7-15-13-4-2-1-3-11(12)13/h1-4,10,12,15H,5-9H2. The molecule has 0 amide bonds. The van der Waals surface area contributed by atoms with E-state index < -0.39 is 0 Å². The van der Waals surface area contributed by atoms with E-state index in [1.54, 1.807) is 0 Å². The van der Waals surface area contributed by atoms with Crippen LogP contribution in [0.3, 0.4) is 0 Å². The normalized spacial score (nSPS) is 26.2. The van der Waals surface area contributed by atoms with Gasteiger partial charge in [-0.25, -0.2) is 0 Å². The van der Waals surface area contributed by atoms with Gasteiger partial charge in [-0.1, -0.05) is 18.2 Å². The monoisotopic (exact) mass is 247 g/mol. The number of carbonyl (C=O) groups excluding carboxylic acids is 1. The molecule has 0 saturated carbocycles. The fraction of sp³-hybridized carbons (Fsp3) is 0.500. The Kier molecular flexibility index (Phi) is 3.19. The van der Waals surface area contributed by atoms with Crippen molar-refractivity contribution in [3.8, 4) is 0 Å². The zero-order valence-electron chi connectivity index (χ0n) is 10.2. The summed E-state index contributed by atoms with van der Waals surface area (Å²) >= 11 is 0. The molecule has 2 unspecified atom stereocenters. The number of anilines is 1. The van der Waals surface area contributed by atoms with Gasteiger partial charge in [0.2, 0.25) is 0 Å². The second kappa shape index (κ2) is 4.98. The fourth-order valence-corrected chi connectivity index (χ4v) is 2.57. The molecule has 0 bridgehead atoms. The maximum atomic E-state index is 12.2. The number of carbonyl (C=O) groups is 1. The molecule has 3 rings (SSSR count). The van der Waals surface area contributed by atoms with Gasteiger partial charge in [0.15, 0.2) is 0 Å². The number of para-hydroxylation sites is 1. The average molecular weight is 247 g/mol. The minimum absolute atomic E-state index is 0.0560. The van der Waals surface area contributed by atoms with Crippen LogP contribution in [0.2, 0.25) is 0 Å². The van der Waals surface area contributed by atoms with Crippen molar-refractivity contribution in [1.29, 1.82) is 0 Å². The predicted molar refractivity (Wildman–Crippen MR) is 67.6 cm³/mol. The summed E-state index contributed by atoms with van der Waals surface area (Å²) in [7, 11) is 0. The Morgan fingerprint density at radius 2 is 2.22 bits per heavy atom. The van der Waals surface area contributed by atoms with Crippen LogP contribution in [0.4, 0.5) is 5.69 Å². The SMILES string of the molecule is O=C(OC1CCOC1)C1CCNc2ccccc21. The van der Waals surface area contributed by atoms with Crippen LogP contribution in [0.1, 0.15) is 24.3 Å². The van der Waals surface area contributed by atoms with E-state index in [4.69, 9.17) is 9.47 Å². The number of esters is 1. The van der Waals surface area contributed by atoms with Gasteiger partial charge in [0, 0.05) is 18.7 Å². The number of benzene rings is 1. The zero-order chi connectivity index (χ0) is 12.4. The molecule has 2 aliphatic heterocycles. The molecule has 0 radical (unpaired) electrons. The van der Waals surface area contributed by atoms with Crippen LogP contribution in [0, 0.1) is 0 Å². The first-order valence-corrected chi connectivity index (χ1v) is 6.45. The highest BCUT2D eigenvalue weighted by Crippen LogP contribution is 2.32. The van der Waals surface area contributed by atoms with Crippen LogP contribution < -0.4 is 5.32 Å². The topological polar surface area (TPSA) is 47.6 Å². The Balaban J connectivity index is 1.74. The molecule has 96 valence electrons. The molecular weight excluding hydrogens is 230 g/mol. The molecule has 4 heteroatoms. The van der Waals surface area contributed by atoms with E-state index in [1.165, 1.54) is 0 Å². The van der Waals surface area contributed by atoms with Gasteiger partial charge in [-0.3, -0.25) is 4.79 Å². The van der Waals surface area contributed by atoms with Crippen molar-refractivity contribution < 1.29 is 14.3 Å². The smallest absolute Gasteiger partial charge is 0.313 e. The molecule has 1 aromatic carbocycles. The predicted octanol–water partition coefficient (Wildman–Crippen LogP) is 1.92. The van der Waals surface area contributed by atoms with Crippen molar-refractivity contribution in [3.63, 3.8) is 0 Å². The number of rotatable bonds is 2. The molecule has 1 aromatic rings. The van der Waals surface area contributed by atoms with E-state index in [-0.39, 0.29) is 18.0 Å². The first-order valence-electron chi connectivity index (χ1n) is 6.45. The van der Waals surface area contributed by atoms with Crippen molar-refractivity contribution in [2.24, 2.45) is 0 Å². The lowest BCUT2D eigenvalue weighted by molar-refractivity contribution is -0.151. The van der Waals surface area contributed by atoms with Gasteiger partial charge < -0.3 is 14.8 Å². The number of hydrogen-bond donors (Lipinski definition) is 1. The van der Waals surface area contributed by atoms with E-state index in [1.807, 2.05) is 24.3 Å². The number of fused-ring (bicyclic) bond motifs is 1. The lowest BCUT2D eigenvalue weighted by Gasteiger charge is -2.26. The van der Waals surface area contributed by atoms with Crippen LogP contribution in [0.5, 0.6) is 0 Å². The van der Waals surface area contributed by atoms with Gasteiger partial charge in [-0.05, 0) is 18.1 Å². The lowest BCUT2D eigenvalue weighted by Crippen LogP contribution is -2.28. The minimum Gasteiger partial charge on any atom is -0.459 e. The molecule has 4 nitrogen and oxygen atoms in total. The van der Waals surface area contributed by atoms with Crippen molar-refractivity contribution in [1.82, 2.24) is 0 Å². The summed E-state index contributed by atoms with van der Waals surface area (Å²) in [5.74, 6) is -0.248. The van der Waals surface area contributed by atoms with E-state index in [2.05, 4.69) is 5.32 Å². The Bertz CT molecular complexity index is 440. The highest BCUT2D eigenvalue weighted by atomic mass is 16.6. The van der Waals surface area contributed by atoms with Crippen LogP contribution >= 0.6 is 0 Å². The third-order valence-corrected chi connectivity index (χ3v) is 3.54. The summed E-state index contributed by atoms with van der Waals surface area (Å²) in [6.45, 7) is 2.05. The Labute approximate surface area is 106 Å². The molecule has 0 aromatic heterocycles. The summed E-state index contributed by atoms with van der Waals surface area (Å²) in [5.41, 5.74) is 2.10. The maximum Gasteiger partial charge on any atom is 0.313 e. The van der Waals surface area contributed by atoms with Gasteiger partial charge >= 0.3 is 5.97 Å². The van der Waals surface area contributed by atoms with E-state index in [0.717, 1.165) is 30.6 Å². The summed E-state index contributed by atoms with van der Waals surface area (Å²) in [6.07, 6.45) is 1.56. The van der Waals surface area contributed by atoms with Gasteiger partial charge in [-0.15, -0.1) is 0 Å². The maximum absolute atomic E-state index is 12.2. The highest BCUT2D eigenvalue weighted by Gasteiger charge is 2.30. The molecule has 18 heavy (non-hydrogen) atoms. The summed E-state index contributed by atoms with van der Waals surface area (Å²) in [5, 5.41) is 3.31. The molecule has 1 N–H and O–H groups in total. The Morgan fingerprint density at radius 1 is 1.33 bits per heavy atom. The third kappa shape index (κ3) is 2.20. The first-order chi connectivity index (χ1) is 8.84. The van der Waals surface area contributed by atoms with E-state index >= 15 is 0 Å². The molecule has 0 aliphatic carbocycles. The van der Waals surface area contributed by atoms with Gasteiger partial charge in [-0.2, -0.15) is 0 Å². The van der Waals surface area contributed by atoms with Crippen LogP contribution in [-0.4, -0.2) is 31.8 Å². The van der Waals surface area contributed by atoms with Gasteiger partial charge in [0.05, 0.1) is 19.1 Å². The van der Waals surface area contributed by atoms with Gasteiger partial charge in [0.25, 0.3) is 0 Å². The number of hydrogen-bond acceptors (Lipinski definition) is 4. The molecular formula is C14H17NO3. The third-order valence-electron chi connectivity index (χ3n) is 3.54. The first kappa shape index (κ1) is 11.5. The second-order valence-electron chi connectivity index (χ2n) is 4.78. The molecule has 2 atom stereocenters. The quantitative estimate of drug-likeness (QED) is 0.811. The summed E-state index contributed by atoms with van der Waals surface area (Å²) in [6, 6.07) is 7.95. The van der Waals surface area contributed by atoms with Crippen LogP contribution in [0.25, 0.3) is 0 Å². The summed E-state index contributed by atoms with van der Waals surface area (Å²) < 4.78 is 10.7. The zero-order valence-corrected chi connectivity index (χ0v) is 10.2. The largest absolute Gasteiger partial charge is 0.459 e. The Hall–Kier alpha value is -1.55. The van der Waals surface area contributed by atoms with Gasteiger partial charge in [0.1, 0.15) is 6.10 Å². The Morgan fingerprint density at radius 3 is 3.06 bits per heavy atom. The average Bonchev–Trinajstić information content (AvgIpc) is 2.91. The van der Waals surface area contributed by atoms with E-state index in [0.29, 0.717) is 13.2 Å². The number of ether oxygens (including phenoxy) is 2. The van der Waals surface area contributed by atoms with Crippen molar-refractivity contribution in [2.45, 2.75) is 24.9 Å². The molecule has 0 spiro atoms. The van der Waals surface area contributed by atoms with Crippen molar-refractivity contribution in [2.75, 3.05) is 25.1 Å². The molecule has 1 fully saturated rings. The highest BCUT2D eigenvalue weighted by molar-refractivity contribution is 5.81. The second-order valence-corrected chi connectivity index (χ2v) is 4.78. The minimum atomic E-state index is -0.136. The van der Waals surface area contributed by atoms with Crippen molar-refractivity contribution in [3.05, 3.63) is 29.8 Å². The summed E-state index contributed by atoms with van der Waals surface area (Å²) in [4.78, 5) is 12.2. The molecule has 2 heterocycles. The van der Waals surface area contributed by atoms with Crippen LogP contribution in [-0.2, 0) is 14.3 Å². The van der Waals surface area contributed by atoms with E-state index in [9.17, 15) is 4.79 Å². The molecule has 2 aliphatic rings. The number of nitrogens with one attached hydrogen (secondary N) is 1. The lowest BCUT2D eigenvalue weighted by atomic mass is 9.91. The fourth-order valence-electron chi connectivity index (χ4n) is 2.57. The van der Waals surface area contributed by atoms with Crippen molar-refractivity contribution >= 4 is 11.7 Å².